The summed E-state index contributed by atoms with van der Waals surface area (Å²) in [7, 11) is 0. The Morgan fingerprint density at radius 3 is 2.90 bits per heavy atom. The topological polar surface area (TPSA) is 24.9 Å². The molecule has 0 fully saturated rings. The predicted octanol–water partition coefficient (Wildman–Crippen LogP) is 5.31. The van der Waals surface area contributed by atoms with E-state index in [0.29, 0.717) is 5.56 Å². The molecular weight excluding hydrogens is 331 g/mol. The Morgan fingerprint density at radius 2 is 2.05 bits per heavy atom. The second kappa shape index (κ2) is 5.82. The number of pyridine rings is 1. The first-order valence-electron chi connectivity index (χ1n) is 6.69. The van der Waals surface area contributed by atoms with Gasteiger partial charge in [0.25, 0.3) is 0 Å². The maximum Gasteiger partial charge on any atom is 0.128 e. The number of fused-ring (bicyclic) bond motifs is 1. The molecule has 0 bridgehead atoms. The summed E-state index contributed by atoms with van der Waals surface area (Å²) in [5.41, 5.74) is 1.58. The number of hydrogen-bond donors (Lipinski definition) is 1. The van der Waals surface area contributed by atoms with Gasteiger partial charge in [-0.1, -0.05) is 28.1 Å². The molecule has 0 aliphatic carbocycles. The van der Waals surface area contributed by atoms with Gasteiger partial charge in [-0.25, -0.2) is 4.39 Å². The maximum absolute atomic E-state index is 14.0. The van der Waals surface area contributed by atoms with Gasteiger partial charge in [-0.15, -0.1) is 0 Å². The maximum atomic E-state index is 14.0. The molecule has 0 spiro atoms. The van der Waals surface area contributed by atoms with Crippen LogP contribution in [0.1, 0.15) is 18.5 Å². The standard InChI is InChI=1S/C17H14BrFN2/c1-11(14-9-13(18)5-6-16(14)19)21-17-4-2-3-12-7-8-20-10-15(12)17/h2-11,21H,1H3. The molecule has 21 heavy (non-hydrogen) atoms. The van der Waals surface area contributed by atoms with Crippen molar-refractivity contribution in [2.45, 2.75) is 13.0 Å². The molecule has 2 aromatic carbocycles. The summed E-state index contributed by atoms with van der Waals surface area (Å²) in [5, 5.41) is 5.51. The SMILES string of the molecule is CC(Nc1cccc2ccncc12)c1cc(Br)ccc1F. The molecule has 106 valence electrons. The van der Waals surface area contributed by atoms with Crippen LogP contribution >= 0.6 is 15.9 Å². The van der Waals surface area contributed by atoms with Gasteiger partial charge in [0.1, 0.15) is 5.82 Å². The van der Waals surface area contributed by atoms with Crippen LogP contribution in [0.3, 0.4) is 0 Å². The monoisotopic (exact) mass is 344 g/mol. The summed E-state index contributed by atoms with van der Waals surface area (Å²) in [6.45, 7) is 1.94. The molecule has 1 unspecified atom stereocenters. The van der Waals surface area contributed by atoms with Crippen LogP contribution in [-0.4, -0.2) is 4.98 Å². The van der Waals surface area contributed by atoms with Gasteiger partial charge in [-0.3, -0.25) is 4.98 Å². The van der Waals surface area contributed by atoms with E-state index in [0.717, 1.165) is 20.9 Å². The fourth-order valence-corrected chi connectivity index (χ4v) is 2.78. The first-order chi connectivity index (χ1) is 10.1. The van der Waals surface area contributed by atoms with Crippen LogP contribution in [-0.2, 0) is 0 Å². The Bertz CT molecular complexity index is 783. The van der Waals surface area contributed by atoms with Crippen LogP contribution < -0.4 is 5.32 Å². The minimum absolute atomic E-state index is 0.145. The molecule has 4 heteroatoms. The lowest BCUT2D eigenvalue weighted by molar-refractivity contribution is 0.600. The summed E-state index contributed by atoms with van der Waals surface area (Å²) in [5.74, 6) is -0.212. The minimum atomic E-state index is -0.212. The number of nitrogens with one attached hydrogen (secondary N) is 1. The number of nitrogens with zero attached hydrogens (tertiary/aromatic N) is 1. The zero-order chi connectivity index (χ0) is 14.8. The molecule has 0 aliphatic heterocycles. The normalized spacial score (nSPS) is 12.3. The molecule has 3 aromatic rings. The molecule has 0 saturated carbocycles. The van der Waals surface area contributed by atoms with E-state index in [1.807, 2.05) is 37.4 Å². The lowest BCUT2D eigenvalue weighted by Crippen LogP contribution is -2.09. The Morgan fingerprint density at radius 1 is 1.19 bits per heavy atom. The summed E-state index contributed by atoms with van der Waals surface area (Å²) >= 11 is 3.39. The van der Waals surface area contributed by atoms with E-state index in [2.05, 4.69) is 26.2 Å². The Balaban J connectivity index is 1.96. The third-order valence-corrected chi connectivity index (χ3v) is 3.97. The van der Waals surface area contributed by atoms with Gasteiger partial charge in [-0.05, 0) is 42.6 Å². The summed E-state index contributed by atoms with van der Waals surface area (Å²) < 4.78 is 14.8. The van der Waals surface area contributed by atoms with Gasteiger partial charge in [0.2, 0.25) is 0 Å². The number of benzene rings is 2. The fourth-order valence-electron chi connectivity index (χ4n) is 2.40. The van der Waals surface area contributed by atoms with E-state index >= 15 is 0 Å². The van der Waals surface area contributed by atoms with Crippen molar-refractivity contribution in [2.75, 3.05) is 5.32 Å². The van der Waals surface area contributed by atoms with Crippen molar-refractivity contribution in [3.8, 4) is 0 Å². The zero-order valence-electron chi connectivity index (χ0n) is 11.5. The van der Waals surface area contributed by atoms with E-state index in [1.54, 1.807) is 18.3 Å². The highest BCUT2D eigenvalue weighted by Crippen LogP contribution is 2.28. The molecular formula is C17H14BrFN2. The second-order valence-corrected chi connectivity index (χ2v) is 5.85. The highest BCUT2D eigenvalue weighted by Gasteiger charge is 2.12. The number of rotatable bonds is 3. The third-order valence-electron chi connectivity index (χ3n) is 3.48. The van der Waals surface area contributed by atoms with E-state index < -0.39 is 0 Å². The van der Waals surface area contributed by atoms with E-state index in [1.165, 1.54) is 6.07 Å². The average molecular weight is 345 g/mol. The van der Waals surface area contributed by atoms with Crippen molar-refractivity contribution in [3.63, 3.8) is 0 Å². The molecule has 0 amide bonds. The molecule has 1 N–H and O–H groups in total. The molecule has 0 aliphatic rings. The Hall–Kier alpha value is -1.94. The van der Waals surface area contributed by atoms with Crippen molar-refractivity contribution >= 4 is 32.4 Å². The van der Waals surface area contributed by atoms with Crippen molar-refractivity contribution in [2.24, 2.45) is 0 Å². The number of halogens is 2. The zero-order valence-corrected chi connectivity index (χ0v) is 13.1. The molecule has 1 atom stereocenters. The van der Waals surface area contributed by atoms with Gasteiger partial charge in [-0.2, -0.15) is 0 Å². The van der Waals surface area contributed by atoms with Crippen molar-refractivity contribution in [3.05, 3.63) is 70.7 Å². The largest absolute Gasteiger partial charge is 0.378 e. The fraction of sp³-hybridized carbons (Fsp3) is 0.118. The highest BCUT2D eigenvalue weighted by atomic mass is 79.9. The first-order valence-corrected chi connectivity index (χ1v) is 7.48. The predicted molar refractivity (Wildman–Crippen MR) is 87.9 cm³/mol. The van der Waals surface area contributed by atoms with Crippen LogP contribution in [0.2, 0.25) is 0 Å². The van der Waals surface area contributed by atoms with Crippen molar-refractivity contribution in [1.82, 2.24) is 4.98 Å². The van der Waals surface area contributed by atoms with Crippen molar-refractivity contribution in [1.29, 1.82) is 0 Å². The van der Waals surface area contributed by atoms with Crippen LogP contribution in [0, 0.1) is 5.82 Å². The smallest absolute Gasteiger partial charge is 0.128 e. The lowest BCUT2D eigenvalue weighted by Gasteiger charge is -2.18. The van der Waals surface area contributed by atoms with E-state index in [-0.39, 0.29) is 11.9 Å². The Labute approximate surface area is 131 Å². The van der Waals surface area contributed by atoms with Gasteiger partial charge in [0, 0.05) is 33.5 Å². The van der Waals surface area contributed by atoms with Crippen LogP contribution in [0.4, 0.5) is 10.1 Å². The Kier molecular flexibility index (Phi) is 3.88. The highest BCUT2D eigenvalue weighted by molar-refractivity contribution is 9.10. The molecule has 0 saturated heterocycles. The summed E-state index contributed by atoms with van der Waals surface area (Å²) in [4.78, 5) is 4.16. The molecule has 0 radical (unpaired) electrons. The quantitative estimate of drug-likeness (QED) is 0.696. The van der Waals surface area contributed by atoms with Gasteiger partial charge in [0.15, 0.2) is 0 Å². The van der Waals surface area contributed by atoms with Crippen LogP contribution in [0.5, 0.6) is 0 Å². The van der Waals surface area contributed by atoms with E-state index in [9.17, 15) is 4.39 Å². The van der Waals surface area contributed by atoms with Gasteiger partial charge < -0.3 is 5.32 Å². The summed E-state index contributed by atoms with van der Waals surface area (Å²) in [6.07, 6.45) is 3.59. The first kappa shape index (κ1) is 14.0. The van der Waals surface area contributed by atoms with Gasteiger partial charge >= 0.3 is 0 Å². The number of aromatic nitrogens is 1. The second-order valence-electron chi connectivity index (χ2n) is 4.93. The van der Waals surface area contributed by atoms with Crippen LogP contribution in [0.15, 0.2) is 59.3 Å². The third kappa shape index (κ3) is 2.90. The number of anilines is 1. The molecule has 1 aromatic heterocycles. The van der Waals surface area contributed by atoms with Gasteiger partial charge in [0.05, 0.1) is 6.04 Å². The molecule has 1 heterocycles. The average Bonchev–Trinajstić information content (AvgIpc) is 2.50. The minimum Gasteiger partial charge on any atom is -0.378 e. The molecule has 3 rings (SSSR count). The lowest BCUT2D eigenvalue weighted by atomic mass is 10.1. The van der Waals surface area contributed by atoms with Crippen LogP contribution in [0.25, 0.3) is 10.8 Å². The van der Waals surface area contributed by atoms with E-state index in [4.69, 9.17) is 0 Å². The summed E-state index contributed by atoms with van der Waals surface area (Å²) in [6, 6.07) is 12.8. The van der Waals surface area contributed by atoms with Crippen molar-refractivity contribution < 1.29 is 4.39 Å². The molecule has 2 nitrogen and oxygen atoms in total. The number of hydrogen-bond acceptors (Lipinski definition) is 2.